The molecule has 0 radical (unpaired) electrons. The van der Waals surface area contributed by atoms with Gasteiger partial charge in [0.15, 0.2) is 12.2 Å². The number of esters is 4. The molecule has 636 valence electrons. The number of ether oxygens (including phenoxy) is 4. The molecule has 0 aromatic rings. The molecule has 0 saturated carbocycles. The first kappa shape index (κ1) is 105. The van der Waals surface area contributed by atoms with Gasteiger partial charge in [-0.25, -0.2) is 9.13 Å². The molecule has 3 N–H and O–H groups in total. The summed E-state index contributed by atoms with van der Waals surface area (Å²) in [6.07, 6.45) is 72.3. The minimum Gasteiger partial charge on any atom is -0.462 e. The fourth-order valence-corrected chi connectivity index (χ4v) is 15.3. The fraction of sp³-hybridized carbons (Fsp3) is 0.955. The highest BCUT2D eigenvalue weighted by molar-refractivity contribution is 7.47. The van der Waals surface area contributed by atoms with Crippen LogP contribution in [0.1, 0.15) is 472 Å². The number of carbonyl (C=O) groups is 4. The second-order valence-electron chi connectivity index (χ2n) is 32.1. The van der Waals surface area contributed by atoms with Gasteiger partial charge in [-0.15, -0.1) is 0 Å². The molecule has 0 bridgehead atoms. The molecule has 0 aromatic carbocycles. The zero-order chi connectivity index (χ0) is 78.5. The Balaban J connectivity index is 5.22. The average Bonchev–Trinajstić information content (AvgIpc) is 0.902. The largest absolute Gasteiger partial charge is 0.472 e. The van der Waals surface area contributed by atoms with Crippen LogP contribution in [0, 0.1) is 11.8 Å². The second kappa shape index (κ2) is 79.3. The number of phosphoric ester groups is 2. The first-order chi connectivity index (χ1) is 51.9. The molecule has 0 aliphatic heterocycles. The number of carbonyl (C=O) groups excluding carboxylic acids is 4. The first-order valence-corrected chi connectivity index (χ1v) is 48.6. The van der Waals surface area contributed by atoms with Crippen LogP contribution in [-0.2, 0) is 65.4 Å². The van der Waals surface area contributed by atoms with Gasteiger partial charge in [0.05, 0.1) is 26.4 Å². The number of rotatable bonds is 87. The van der Waals surface area contributed by atoms with Crippen molar-refractivity contribution in [3.8, 4) is 0 Å². The third kappa shape index (κ3) is 79.1. The van der Waals surface area contributed by atoms with E-state index in [1.54, 1.807) is 0 Å². The van der Waals surface area contributed by atoms with Crippen LogP contribution in [-0.4, -0.2) is 96.7 Å². The monoisotopic (exact) mass is 1560 g/mol. The summed E-state index contributed by atoms with van der Waals surface area (Å²) < 4.78 is 68.9. The molecule has 0 rings (SSSR count). The van der Waals surface area contributed by atoms with E-state index < -0.39 is 97.5 Å². The Bertz CT molecular complexity index is 2050. The van der Waals surface area contributed by atoms with Gasteiger partial charge < -0.3 is 33.8 Å². The highest BCUT2D eigenvalue weighted by Crippen LogP contribution is 2.45. The third-order valence-electron chi connectivity index (χ3n) is 21.4. The van der Waals surface area contributed by atoms with Crippen LogP contribution >= 0.6 is 15.6 Å². The summed E-state index contributed by atoms with van der Waals surface area (Å²) in [4.78, 5) is 73.3. The fourth-order valence-electron chi connectivity index (χ4n) is 13.7. The lowest BCUT2D eigenvalue weighted by molar-refractivity contribution is -0.161. The van der Waals surface area contributed by atoms with Crippen LogP contribution in [0.15, 0.2) is 0 Å². The topological polar surface area (TPSA) is 237 Å². The molecule has 0 amide bonds. The van der Waals surface area contributed by atoms with Gasteiger partial charge in [0.1, 0.15) is 19.3 Å². The van der Waals surface area contributed by atoms with Crippen LogP contribution in [0.5, 0.6) is 0 Å². The summed E-state index contributed by atoms with van der Waals surface area (Å²) in [5.74, 6) is -0.499. The van der Waals surface area contributed by atoms with Gasteiger partial charge in [-0.3, -0.25) is 37.3 Å². The maximum absolute atomic E-state index is 13.2. The summed E-state index contributed by atoms with van der Waals surface area (Å²) >= 11 is 0. The quantitative estimate of drug-likeness (QED) is 0.0222. The average molecular weight is 1560 g/mol. The van der Waals surface area contributed by atoms with Gasteiger partial charge in [-0.1, -0.05) is 420 Å². The predicted molar refractivity (Wildman–Crippen MR) is 442 cm³/mol. The maximum Gasteiger partial charge on any atom is 0.472 e. The third-order valence-corrected chi connectivity index (χ3v) is 23.3. The molecule has 0 aliphatic rings. The molecule has 0 spiro atoms. The van der Waals surface area contributed by atoms with Gasteiger partial charge in [-0.2, -0.15) is 0 Å². The minimum absolute atomic E-state index is 0.108. The van der Waals surface area contributed by atoms with Crippen LogP contribution < -0.4 is 0 Å². The molecular weight excluding hydrogens is 1390 g/mol. The summed E-state index contributed by atoms with van der Waals surface area (Å²) in [6.45, 7) is 9.71. The Morgan fingerprint density at radius 2 is 0.449 bits per heavy atom. The number of unbranched alkanes of at least 4 members (excludes halogenated alkanes) is 55. The maximum atomic E-state index is 13.2. The smallest absolute Gasteiger partial charge is 0.462 e. The first-order valence-electron chi connectivity index (χ1n) is 45.6. The van der Waals surface area contributed by atoms with Crippen LogP contribution in [0.4, 0.5) is 0 Å². The minimum atomic E-state index is -4.97. The van der Waals surface area contributed by atoms with Gasteiger partial charge in [0.2, 0.25) is 0 Å². The number of hydrogen-bond acceptors (Lipinski definition) is 15. The number of hydrogen-bond donors (Lipinski definition) is 3. The van der Waals surface area contributed by atoms with E-state index in [0.717, 1.165) is 108 Å². The summed E-state index contributed by atoms with van der Waals surface area (Å²) in [7, 11) is -9.93. The Kier molecular flexibility index (Phi) is 77.9. The van der Waals surface area contributed by atoms with Crippen molar-refractivity contribution in [2.75, 3.05) is 39.6 Å². The van der Waals surface area contributed by atoms with Crippen molar-refractivity contribution in [1.29, 1.82) is 0 Å². The van der Waals surface area contributed by atoms with E-state index >= 15 is 0 Å². The zero-order valence-electron chi connectivity index (χ0n) is 70.5. The highest BCUT2D eigenvalue weighted by atomic mass is 31.2. The van der Waals surface area contributed by atoms with E-state index in [1.807, 2.05) is 0 Å². The SMILES string of the molecule is CCCCCCCCCCCCCCCCCCCCCCC(=O)OC[C@H](COP(=O)(O)OC[C@@H](O)COP(=O)(O)OC[C@@H](COC(=O)CCCCCCCCC(C)CC)OC(=O)CCCCCCCCCCCCCCCCC)OC(=O)CCCCCCCCCCCCCCCCCCCCC(C)CC. The Labute approximate surface area is 658 Å². The van der Waals surface area contributed by atoms with Crippen molar-refractivity contribution < 1.29 is 80.2 Å². The second-order valence-corrected chi connectivity index (χ2v) is 35.0. The van der Waals surface area contributed by atoms with Crippen molar-refractivity contribution in [3.63, 3.8) is 0 Å². The Hall–Kier alpha value is -1.94. The van der Waals surface area contributed by atoms with Crippen molar-refractivity contribution in [2.45, 2.75) is 490 Å². The predicted octanol–water partition coefficient (Wildman–Crippen LogP) is 27.0. The van der Waals surface area contributed by atoms with Gasteiger partial charge in [0.25, 0.3) is 0 Å². The lowest BCUT2D eigenvalue weighted by Crippen LogP contribution is -2.30. The number of phosphoric acid groups is 2. The van der Waals surface area contributed by atoms with Crippen LogP contribution in [0.25, 0.3) is 0 Å². The lowest BCUT2D eigenvalue weighted by Gasteiger charge is -2.21. The van der Waals surface area contributed by atoms with E-state index in [0.29, 0.717) is 25.7 Å². The molecule has 19 heteroatoms. The molecular formula is C88H172O17P2. The lowest BCUT2D eigenvalue weighted by atomic mass is 9.99. The molecule has 0 heterocycles. The van der Waals surface area contributed by atoms with Crippen molar-refractivity contribution in [1.82, 2.24) is 0 Å². The van der Waals surface area contributed by atoms with E-state index in [-0.39, 0.29) is 25.7 Å². The van der Waals surface area contributed by atoms with Gasteiger partial charge in [0, 0.05) is 25.7 Å². The highest BCUT2D eigenvalue weighted by Gasteiger charge is 2.31. The van der Waals surface area contributed by atoms with Crippen molar-refractivity contribution >= 4 is 39.5 Å². The molecule has 17 nitrogen and oxygen atoms in total. The van der Waals surface area contributed by atoms with Gasteiger partial charge >= 0.3 is 39.5 Å². The molecule has 0 aromatic heterocycles. The molecule has 4 unspecified atom stereocenters. The standard InChI is InChI=1S/C88H172O17P2/c1-7-11-13-15-17-19-21-23-25-26-27-28-32-36-39-43-47-51-58-64-70-85(90)98-76-83(104-87(92)72-67-61-53-49-45-41-37-33-30-29-31-35-38-42-46-50-56-62-68-80(5)9-3)78-102-106(94,95)100-74-82(89)75-101-107(96,97)103-79-84(77-99-86(91)71-65-59-55-54-57-63-69-81(6)10-4)105-88(93)73-66-60-52-48-44-40-34-24-22-20-18-16-14-12-8-2/h80-84,89H,7-79H2,1-6H3,(H,94,95)(H,96,97)/t80?,81?,82-,83-,84-/m1/s1. The van der Waals surface area contributed by atoms with E-state index in [1.165, 1.54) is 283 Å². The van der Waals surface area contributed by atoms with E-state index in [2.05, 4.69) is 41.5 Å². The summed E-state index contributed by atoms with van der Waals surface area (Å²) in [5.41, 5.74) is 0. The van der Waals surface area contributed by atoms with Crippen molar-refractivity contribution in [3.05, 3.63) is 0 Å². The summed E-state index contributed by atoms with van der Waals surface area (Å²) in [5, 5.41) is 10.7. The van der Waals surface area contributed by atoms with Crippen molar-refractivity contribution in [2.24, 2.45) is 11.8 Å². The molecule has 7 atom stereocenters. The van der Waals surface area contributed by atoms with E-state index in [4.69, 9.17) is 37.0 Å². The molecule has 0 aliphatic carbocycles. The molecule has 0 fully saturated rings. The van der Waals surface area contributed by atoms with Crippen LogP contribution in [0.3, 0.4) is 0 Å². The number of aliphatic hydroxyl groups is 1. The number of aliphatic hydroxyl groups excluding tert-OH is 1. The molecule has 0 saturated heterocycles. The molecule has 107 heavy (non-hydrogen) atoms. The zero-order valence-corrected chi connectivity index (χ0v) is 72.2. The normalized spacial score (nSPS) is 14.3. The van der Waals surface area contributed by atoms with E-state index in [9.17, 15) is 43.2 Å². The summed E-state index contributed by atoms with van der Waals surface area (Å²) in [6, 6.07) is 0. The Morgan fingerprint density at radius 1 is 0.262 bits per heavy atom. The Morgan fingerprint density at radius 3 is 0.664 bits per heavy atom. The van der Waals surface area contributed by atoms with Gasteiger partial charge in [-0.05, 0) is 37.5 Å². The van der Waals surface area contributed by atoms with Crippen LogP contribution in [0.2, 0.25) is 0 Å².